The zero-order valence-corrected chi connectivity index (χ0v) is 13.1. The molecule has 0 aliphatic carbocycles. The first-order chi connectivity index (χ1) is 11.3. The van der Waals surface area contributed by atoms with Crippen molar-refractivity contribution in [2.75, 3.05) is 24.5 Å². The molecule has 0 radical (unpaired) electrons. The predicted octanol–water partition coefficient (Wildman–Crippen LogP) is 1.21. The Hall–Kier alpha value is -2.54. The molecule has 1 aliphatic heterocycles. The van der Waals surface area contributed by atoms with E-state index >= 15 is 0 Å². The fraction of sp³-hybridized carbons (Fsp3) is 0.375. The predicted molar refractivity (Wildman–Crippen MR) is 88.9 cm³/mol. The third kappa shape index (κ3) is 2.43. The van der Waals surface area contributed by atoms with Crippen LogP contribution in [0.2, 0.25) is 0 Å². The Morgan fingerprint density at radius 2 is 2.09 bits per heavy atom. The normalized spacial score (nSPS) is 18.0. The molecular weight excluding hydrogens is 290 g/mol. The van der Waals surface area contributed by atoms with Gasteiger partial charge in [0.2, 0.25) is 0 Å². The van der Waals surface area contributed by atoms with Gasteiger partial charge in [-0.25, -0.2) is 9.97 Å². The van der Waals surface area contributed by atoms with Crippen LogP contribution in [0.25, 0.3) is 22.4 Å². The molecule has 1 fully saturated rings. The first kappa shape index (κ1) is 14.1. The van der Waals surface area contributed by atoms with E-state index in [9.17, 15) is 0 Å². The molecule has 7 nitrogen and oxygen atoms in total. The summed E-state index contributed by atoms with van der Waals surface area (Å²) in [5, 5.41) is 5.34. The van der Waals surface area contributed by atoms with E-state index in [0.717, 1.165) is 48.5 Å². The number of aromatic nitrogens is 5. The molecule has 4 rings (SSSR count). The van der Waals surface area contributed by atoms with Gasteiger partial charge in [-0.15, -0.1) is 0 Å². The van der Waals surface area contributed by atoms with E-state index in [4.69, 9.17) is 10.7 Å². The standard InChI is InChI=1S/C16H19N7/c1-22-15-13(9-19-22)16(23-7-4-11(8-17)10-23)21-14(20-15)12-2-5-18-6-3-12/h2-3,5-6,9,11H,4,7-8,10,17H2,1H3. The minimum absolute atomic E-state index is 0.529. The van der Waals surface area contributed by atoms with Crippen molar-refractivity contribution in [3.63, 3.8) is 0 Å². The number of rotatable bonds is 3. The highest BCUT2D eigenvalue weighted by Gasteiger charge is 2.25. The van der Waals surface area contributed by atoms with Gasteiger partial charge in [-0.2, -0.15) is 5.10 Å². The highest BCUT2D eigenvalue weighted by molar-refractivity contribution is 5.88. The van der Waals surface area contributed by atoms with Crippen molar-refractivity contribution < 1.29 is 0 Å². The van der Waals surface area contributed by atoms with E-state index in [2.05, 4.69) is 20.0 Å². The summed E-state index contributed by atoms with van der Waals surface area (Å²) in [6.07, 6.45) is 6.46. The van der Waals surface area contributed by atoms with Crippen LogP contribution in [0.4, 0.5) is 5.82 Å². The average Bonchev–Trinajstić information content (AvgIpc) is 3.22. The summed E-state index contributed by atoms with van der Waals surface area (Å²) in [6, 6.07) is 3.85. The zero-order valence-electron chi connectivity index (χ0n) is 13.1. The maximum absolute atomic E-state index is 5.83. The lowest BCUT2D eigenvalue weighted by molar-refractivity contribution is 0.602. The summed E-state index contributed by atoms with van der Waals surface area (Å²) in [5.41, 5.74) is 7.63. The molecule has 1 unspecified atom stereocenters. The summed E-state index contributed by atoms with van der Waals surface area (Å²) in [6.45, 7) is 2.63. The van der Waals surface area contributed by atoms with Gasteiger partial charge in [-0.1, -0.05) is 0 Å². The van der Waals surface area contributed by atoms with Gasteiger partial charge < -0.3 is 10.6 Å². The Kier molecular flexibility index (Phi) is 3.42. The number of nitrogens with zero attached hydrogens (tertiary/aromatic N) is 6. The second-order valence-corrected chi connectivity index (χ2v) is 5.95. The Balaban J connectivity index is 1.85. The minimum atomic E-state index is 0.529. The summed E-state index contributed by atoms with van der Waals surface area (Å²) in [4.78, 5) is 15.9. The molecule has 23 heavy (non-hydrogen) atoms. The fourth-order valence-corrected chi connectivity index (χ4v) is 3.10. The number of anilines is 1. The van der Waals surface area contributed by atoms with E-state index in [0.29, 0.717) is 11.7 Å². The van der Waals surface area contributed by atoms with Crippen LogP contribution in [0.15, 0.2) is 30.7 Å². The largest absolute Gasteiger partial charge is 0.356 e. The van der Waals surface area contributed by atoms with Crippen LogP contribution in [-0.4, -0.2) is 44.4 Å². The van der Waals surface area contributed by atoms with Crippen LogP contribution in [-0.2, 0) is 7.05 Å². The van der Waals surface area contributed by atoms with E-state index in [1.54, 1.807) is 17.1 Å². The first-order valence-corrected chi connectivity index (χ1v) is 7.81. The third-order valence-electron chi connectivity index (χ3n) is 4.43. The van der Waals surface area contributed by atoms with Crippen molar-refractivity contribution in [1.82, 2.24) is 24.7 Å². The van der Waals surface area contributed by atoms with Gasteiger partial charge in [-0.3, -0.25) is 9.67 Å². The molecule has 0 aromatic carbocycles. The van der Waals surface area contributed by atoms with Crippen LogP contribution in [0.1, 0.15) is 6.42 Å². The first-order valence-electron chi connectivity index (χ1n) is 7.81. The number of hydrogen-bond donors (Lipinski definition) is 1. The van der Waals surface area contributed by atoms with Crippen molar-refractivity contribution in [3.05, 3.63) is 30.7 Å². The van der Waals surface area contributed by atoms with Crippen LogP contribution < -0.4 is 10.6 Å². The molecule has 3 aromatic rings. The molecule has 118 valence electrons. The molecule has 1 atom stereocenters. The molecule has 4 heterocycles. The quantitative estimate of drug-likeness (QED) is 0.782. The van der Waals surface area contributed by atoms with E-state index in [1.165, 1.54) is 0 Å². The molecule has 0 spiro atoms. The Labute approximate surface area is 134 Å². The minimum Gasteiger partial charge on any atom is -0.356 e. The van der Waals surface area contributed by atoms with Gasteiger partial charge in [0.05, 0.1) is 11.6 Å². The van der Waals surface area contributed by atoms with Crippen LogP contribution in [0.5, 0.6) is 0 Å². The molecule has 0 amide bonds. The van der Waals surface area contributed by atoms with E-state index in [1.807, 2.05) is 25.4 Å². The number of pyridine rings is 1. The van der Waals surface area contributed by atoms with Crippen molar-refractivity contribution in [3.8, 4) is 11.4 Å². The van der Waals surface area contributed by atoms with Crippen molar-refractivity contribution in [2.24, 2.45) is 18.7 Å². The van der Waals surface area contributed by atoms with Gasteiger partial charge >= 0.3 is 0 Å². The zero-order chi connectivity index (χ0) is 15.8. The van der Waals surface area contributed by atoms with Crippen LogP contribution in [0.3, 0.4) is 0 Å². The Morgan fingerprint density at radius 3 is 2.83 bits per heavy atom. The lowest BCUT2D eigenvalue weighted by Gasteiger charge is -2.19. The van der Waals surface area contributed by atoms with Crippen LogP contribution in [0, 0.1) is 5.92 Å². The number of aryl methyl sites for hydroxylation is 1. The molecule has 0 bridgehead atoms. The second-order valence-electron chi connectivity index (χ2n) is 5.95. The van der Waals surface area contributed by atoms with E-state index < -0.39 is 0 Å². The summed E-state index contributed by atoms with van der Waals surface area (Å²) >= 11 is 0. The van der Waals surface area contributed by atoms with Crippen molar-refractivity contribution in [1.29, 1.82) is 0 Å². The molecule has 3 aromatic heterocycles. The average molecular weight is 309 g/mol. The summed E-state index contributed by atoms with van der Waals surface area (Å²) in [5.74, 6) is 2.18. The molecular formula is C16H19N7. The Bertz CT molecular complexity index is 827. The van der Waals surface area contributed by atoms with Gasteiger partial charge in [-0.05, 0) is 31.0 Å². The fourth-order valence-electron chi connectivity index (χ4n) is 3.10. The molecule has 1 aliphatic rings. The molecule has 7 heteroatoms. The van der Waals surface area contributed by atoms with E-state index in [-0.39, 0.29) is 0 Å². The number of fused-ring (bicyclic) bond motifs is 1. The number of nitrogens with two attached hydrogens (primary N) is 1. The number of hydrogen-bond acceptors (Lipinski definition) is 6. The lowest BCUT2D eigenvalue weighted by atomic mass is 10.1. The molecule has 0 saturated carbocycles. The molecule has 1 saturated heterocycles. The monoisotopic (exact) mass is 309 g/mol. The highest BCUT2D eigenvalue weighted by atomic mass is 15.3. The Morgan fingerprint density at radius 1 is 1.26 bits per heavy atom. The summed E-state index contributed by atoms with van der Waals surface area (Å²) < 4.78 is 1.79. The van der Waals surface area contributed by atoms with Gasteiger partial charge in [0.1, 0.15) is 5.82 Å². The molecule has 2 N–H and O–H groups in total. The van der Waals surface area contributed by atoms with Gasteiger partial charge in [0.25, 0.3) is 0 Å². The topological polar surface area (TPSA) is 85.8 Å². The van der Waals surface area contributed by atoms with Gasteiger partial charge in [0.15, 0.2) is 11.5 Å². The second kappa shape index (κ2) is 5.58. The van der Waals surface area contributed by atoms with Gasteiger partial charge in [0, 0.05) is 38.1 Å². The highest BCUT2D eigenvalue weighted by Crippen LogP contribution is 2.30. The third-order valence-corrected chi connectivity index (χ3v) is 4.43. The van der Waals surface area contributed by atoms with Crippen molar-refractivity contribution >= 4 is 16.9 Å². The summed E-state index contributed by atoms with van der Waals surface area (Å²) in [7, 11) is 1.90. The SMILES string of the molecule is Cn1ncc2c(N3CCC(CN)C3)nc(-c3ccncc3)nc21. The maximum atomic E-state index is 5.83. The van der Waals surface area contributed by atoms with Crippen molar-refractivity contribution in [2.45, 2.75) is 6.42 Å². The smallest absolute Gasteiger partial charge is 0.164 e. The lowest BCUT2D eigenvalue weighted by Crippen LogP contribution is -2.24. The van der Waals surface area contributed by atoms with Crippen LogP contribution >= 0.6 is 0 Å². The maximum Gasteiger partial charge on any atom is 0.164 e.